The van der Waals surface area contributed by atoms with Crippen molar-refractivity contribution in [2.75, 3.05) is 6.54 Å². The Balaban J connectivity index is 1.88. The topological polar surface area (TPSA) is 67.2 Å². The van der Waals surface area contributed by atoms with Crippen LogP contribution in [0.5, 0.6) is 0 Å². The molecule has 0 spiro atoms. The number of nitrogens with one attached hydrogen (secondary N) is 2. The summed E-state index contributed by atoms with van der Waals surface area (Å²) in [6.07, 6.45) is 0.757. The van der Waals surface area contributed by atoms with Gasteiger partial charge < -0.3 is 15.1 Å². The van der Waals surface area contributed by atoms with Crippen LogP contribution in [0.25, 0.3) is 11.1 Å². The molecular weight excluding hydrogens is 254 g/mol. The number of benzene rings is 1. The minimum atomic E-state index is -0.222. The number of oxazole rings is 1. The molecule has 5 nitrogen and oxygen atoms in total. The molecular formula is C15H21N3O2. The van der Waals surface area contributed by atoms with E-state index in [-0.39, 0.29) is 11.6 Å². The highest BCUT2D eigenvalue weighted by Gasteiger charge is 2.12. The molecule has 0 bridgehead atoms. The predicted octanol–water partition coefficient (Wildman–Crippen LogP) is 2.78. The van der Waals surface area contributed by atoms with Crippen molar-refractivity contribution in [3.63, 3.8) is 0 Å². The minimum Gasteiger partial charge on any atom is -0.441 e. The van der Waals surface area contributed by atoms with Gasteiger partial charge in [-0.15, -0.1) is 0 Å². The summed E-state index contributed by atoms with van der Waals surface area (Å²) in [7, 11) is 0. The van der Waals surface area contributed by atoms with E-state index in [1.807, 2.05) is 45.9 Å². The molecule has 0 aliphatic heterocycles. The quantitative estimate of drug-likeness (QED) is 0.905. The second-order valence-corrected chi connectivity index (χ2v) is 5.92. The second-order valence-electron chi connectivity index (χ2n) is 5.92. The standard InChI is InChI=1S/C15H21N3O2/c1-10-17-12-6-5-11(9-13(12)20-10)7-8-16-14(19)18-15(2,3)4/h5-6,9H,7-8H2,1-4H3,(H2,16,18,19). The molecule has 108 valence electrons. The molecule has 20 heavy (non-hydrogen) atoms. The van der Waals surface area contributed by atoms with Gasteiger partial charge in [-0.3, -0.25) is 0 Å². The third-order valence-corrected chi connectivity index (χ3v) is 2.75. The third kappa shape index (κ3) is 3.98. The molecule has 2 rings (SSSR count). The van der Waals surface area contributed by atoms with Crippen molar-refractivity contribution >= 4 is 17.1 Å². The van der Waals surface area contributed by atoms with Gasteiger partial charge in [-0.05, 0) is 44.9 Å². The first-order valence-corrected chi connectivity index (χ1v) is 6.75. The summed E-state index contributed by atoms with van der Waals surface area (Å²) in [4.78, 5) is 15.9. The van der Waals surface area contributed by atoms with Crippen molar-refractivity contribution in [2.24, 2.45) is 0 Å². The highest BCUT2D eigenvalue weighted by Crippen LogP contribution is 2.16. The first kappa shape index (κ1) is 14.4. The van der Waals surface area contributed by atoms with Crippen molar-refractivity contribution in [1.82, 2.24) is 15.6 Å². The van der Waals surface area contributed by atoms with Gasteiger partial charge in [-0.2, -0.15) is 0 Å². The summed E-state index contributed by atoms with van der Waals surface area (Å²) in [6, 6.07) is 5.77. The van der Waals surface area contributed by atoms with E-state index >= 15 is 0 Å². The molecule has 0 atom stereocenters. The molecule has 0 aliphatic carbocycles. The van der Waals surface area contributed by atoms with Crippen molar-refractivity contribution < 1.29 is 9.21 Å². The highest BCUT2D eigenvalue weighted by molar-refractivity contribution is 5.75. The lowest BCUT2D eigenvalue weighted by atomic mass is 10.1. The molecule has 0 fully saturated rings. The number of amides is 2. The van der Waals surface area contributed by atoms with E-state index in [2.05, 4.69) is 15.6 Å². The van der Waals surface area contributed by atoms with Crippen LogP contribution in [0.3, 0.4) is 0 Å². The average Bonchev–Trinajstić information content (AvgIpc) is 2.66. The molecule has 1 aromatic carbocycles. The number of fused-ring (bicyclic) bond motifs is 1. The summed E-state index contributed by atoms with van der Waals surface area (Å²) in [6.45, 7) is 8.27. The molecule has 0 saturated heterocycles. The summed E-state index contributed by atoms with van der Waals surface area (Å²) >= 11 is 0. The van der Waals surface area contributed by atoms with Crippen LogP contribution in [0.15, 0.2) is 22.6 Å². The van der Waals surface area contributed by atoms with Crippen molar-refractivity contribution in [3.05, 3.63) is 29.7 Å². The maximum Gasteiger partial charge on any atom is 0.315 e. The smallest absolute Gasteiger partial charge is 0.315 e. The SMILES string of the molecule is Cc1nc2ccc(CCNC(=O)NC(C)(C)C)cc2o1. The van der Waals surface area contributed by atoms with Crippen LogP contribution in [-0.4, -0.2) is 23.1 Å². The number of urea groups is 1. The van der Waals surface area contributed by atoms with E-state index < -0.39 is 0 Å². The summed E-state index contributed by atoms with van der Waals surface area (Å²) in [5, 5.41) is 5.70. The first-order valence-electron chi connectivity index (χ1n) is 6.75. The van der Waals surface area contributed by atoms with Crippen LogP contribution in [0.2, 0.25) is 0 Å². The first-order chi connectivity index (χ1) is 9.33. The normalized spacial score (nSPS) is 11.6. The maximum atomic E-state index is 11.6. The van der Waals surface area contributed by atoms with Crippen LogP contribution < -0.4 is 10.6 Å². The lowest BCUT2D eigenvalue weighted by Gasteiger charge is -2.20. The molecule has 0 aliphatic rings. The van der Waals surface area contributed by atoms with Gasteiger partial charge in [0.2, 0.25) is 0 Å². The third-order valence-electron chi connectivity index (χ3n) is 2.75. The van der Waals surface area contributed by atoms with E-state index in [0.717, 1.165) is 23.1 Å². The lowest BCUT2D eigenvalue weighted by molar-refractivity contribution is 0.232. The van der Waals surface area contributed by atoms with E-state index in [4.69, 9.17) is 4.42 Å². The molecule has 2 N–H and O–H groups in total. The Morgan fingerprint density at radius 2 is 2.10 bits per heavy atom. The fourth-order valence-corrected chi connectivity index (χ4v) is 1.94. The predicted molar refractivity (Wildman–Crippen MR) is 78.7 cm³/mol. The van der Waals surface area contributed by atoms with Crippen molar-refractivity contribution in [3.8, 4) is 0 Å². The van der Waals surface area contributed by atoms with Crippen LogP contribution in [-0.2, 0) is 6.42 Å². The number of aromatic nitrogens is 1. The van der Waals surface area contributed by atoms with Gasteiger partial charge in [0.25, 0.3) is 0 Å². The maximum absolute atomic E-state index is 11.6. The molecule has 1 aromatic heterocycles. The van der Waals surface area contributed by atoms with Gasteiger partial charge in [0.15, 0.2) is 11.5 Å². The Morgan fingerprint density at radius 1 is 1.35 bits per heavy atom. The van der Waals surface area contributed by atoms with Crippen LogP contribution in [0.4, 0.5) is 4.79 Å². The van der Waals surface area contributed by atoms with E-state index in [1.54, 1.807) is 0 Å². The Kier molecular flexibility index (Phi) is 3.97. The average molecular weight is 275 g/mol. The summed E-state index contributed by atoms with van der Waals surface area (Å²) < 4.78 is 5.49. The fourth-order valence-electron chi connectivity index (χ4n) is 1.94. The van der Waals surface area contributed by atoms with Crippen LogP contribution >= 0.6 is 0 Å². The van der Waals surface area contributed by atoms with Crippen LogP contribution in [0, 0.1) is 6.92 Å². The van der Waals surface area contributed by atoms with Gasteiger partial charge in [0.05, 0.1) is 0 Å². The number of carbonyl (C=O) groups excluding carboxylic acids is 1. The fraction of sp³-hybridized carbons (Fsp3) is 0.467. The summed E-state index contributed by atoms with van der Waals surface area (Å²) in [5.74, 6) is 0.667. The lowest BCUT2D eigenvalue weighted by Crippen LogP contribution is -2.46. The Hall–Kier alpha value is -2.04. The zero-order valence-corrected chi connectivity index (χ0v) is 12.4. The molecule has 0 radical (unpaired) electrons. The molecule has 2 aromatic rings. The van der Waals surface area contributed by atoms with Gasteiger partial charge >= 0.3 is 6.03 Å². The molecule has 2 amide bonds. The molecule has 0 saturated carbocycles. The largest absolute Gasteiger partial charge is 0.441 e. The Morgan fingerprint density at radius 3 is 2.80 bits per heavy atom. The number of rotatable bonds is 3. The number of nitrogens with zero attached hydrogens (tertiary/aromatic N) is 1. The highest BCUT2D eigenvalue weighted by atomic mass is 16.3. The molecule has 0 unspecified atom stereocenters. The number of hydrogen-bond donors (Lipinski definition) is 2. The van der Waals surface area contributed by atoms with E-state index in [9.17, 15) is 4.79 Å². The Bertz CT molecular complexity index is 611. The van der Waals surface area contributed by atoms with Gasteiger partial charge in [-0.25, -0.2) is 9.78 Å². The van der Waals surface area contributed by atoms with Gasteiger partial charge in [0, 0.05) is 19.0 Å². The van der Waals surface area contributed by atoms with E-state index in [0.29, 0.717) is 12.4 Å². The molecule has 1 heterocycles. The zero-order chi connectivity index (χ0) is 14.8. The van der Waals surface area contributed by atoms with Crippen molar-refractivity contribution in [2.45, 2.75) is 39.7 Å². The monoisotopic (exact) mass is 275 g/mol. The van der Waals surface area contributed by atoms with E-state index in [1.165, 1.54) is 0 Å². The molecule has 5 heteroatoms. The van der Waals surface area contributed by atoms with Crippen LogP contribution in [0.1, 0.15) is 32.2 Å². The van der Waals surface area contributed by atoms with Crippen molar-refractivity contribution in [1.29, 1.82) is 0 Å². The summed E-state index contributed by atoms with van der Waals surface area (Å²) in [5.41, 5.74) is 2.55. The van der Waals surface area contributed by atoms with Gasteiger partial charge in [-0.1, -0.05) is 6.07 Å². The minimum absolute atomic E-state index is 0.144. The van der Waals surface area contributed by atoms with Gasteiger partial charge in [0.1, 0.15) is 5.52 Å². The second kappa shape index (κ2) is 5.53. The number of carbonyl (C=O) groups is 1. The zero-order valence-electron chi connectivity index (χ0n) is 12.4. The number of hydrogen-bond acceptors (Lipinski definition) is 3. The Labute approximate surface area is 118 Å². The number of aryl methyl sites for hydroxylation is 1.